The van der Waals surface area contributed by atoms with Gasteiger partial charge in [-0.05, 0) is 69.7 Å². The van der Waals surface area contributed by atoms with Gasteiger partial charge in [0, 0.05) is 35.6 Å². The molecule has 1 saturated heterocycles. The number of piperidine rings is 1. The first kappa shape index (κ1) is 25.6. The highest BCUT2D eigenvalue weighted by Gasteiger charge is 2.35. The highest BCUT2D eigenvalue weighted by atomic mass is 32.1. The zero-order chi connectivity index (χ0) is 26.0. The predicted molar refractivity (Wildman–Crippen MR) is 138 cm³/mol. The van der Waals surface area contributed by atoms with Gasteiger partial charge in [0.15, 0.2) is 0 Å². The molecule has 190 valence electrons. The number of amides is 2. The quantitative estimate of drug-likeness (QED) is 0.463. The molecule has 0 spiro atoms. The lowest BCUT2D eigenvalue weighted by Gasteiger charge is -2.39. The molecule has 0 saturated carbocycles. The van der Waals surface area contributed by atoms with Gasteiger partial charge in [0.05, 0.1) is 18.7 Å². The number of fused-ring (bicyclic) bond motifs is 1. The van der Waals surface area contributed by atoms with Gasteiger partial charge < -0.3 is 14.4 Å². The molecule has 1 atom stereocenters. The van der Waals surface area contributed by atoms with Crippen LogP contribution in [0.3, 0.4) is 0 Å². The van der Waals surface area contributed by atoms with E-state index in [0.717, 1.165) is 15.6 Å². The van der Waals surface area contributed by atoms with E-state index in [-0.39, 0.29) is 17.6 Å². The van der Waals surface area contributed by atoms with Gasteiger partial charge in [0.25, 0.3) is 5.91 Å². The molecule has 1 aliphatic rings. The second kappa shape index (κ2) is 10.2. The number of hydrogen-bond acceptors (Lipinski definition) is 8. The Labute approximate surface area is 214 Å². The lowest BCUT2D eigenvalue weighted by Crippen LogP contribution is -2.53. The molecule has 0 bridgehead atoms. The van der Waals surface area contributed by atoms with Crippen molar-refractivity contribution >= 4 is 45.2 Å². The molecule has 4 heterocycles. The van der Waals surface area contributed by atoms with Crippen LogP contribution in [0.5, 0.6) is 0 Å². The molecule has 2 amide bonds. The van der Waals surface area contributed by atoms with Crippen LogP contribution in [-0.2, 0) is 9.47 Å². The summed E-state index contributed by atoms with van der Waals surface area (Å²) in [6.45, 7) is 8.35. The summed E-state index contributed by atoms with van der Waals surface area (Å²) < 4.78 is 11.3. The Morgan fingerprint density at radius 3 is 2.61 bits per heavy atom. The normalized spacial score (nSPS) is 16.0. The van der Waals surface area contributed by atoms with Crippen LogP contribution in [0.1, 0.15) is 60.0 Å². The predicted octanol–water partition coefficient (Wildman–Crippen LogP) is 4.83. The van der Waals surface area contributed by atoms with Gasteiger partial charge in [-0.25, -0.2) is 19.6 Å². The van der Waals surface area contributed by atoms with E-state index in [2.05, 4.69) is 9.97 Å². The summed E-state index contributed by atoms with van der Waals surface area (Å²) in [6, 6.07) is 4.63. The number of likely N-dealkylation sites (tertiary alicyclic amines) is 1. The van der Waals surface area contributed by atoms with Crippen LogP contribution in [0.25, 0.3) is 10.1 Å². The van der Waals surface area contributed by atoms with Crippen molar-refractivity contribution in [3.05, 3.63) is 52.8 Å². The van der Waals surface area contributed by atoms with Crippen LogP contribution in [0.15, 0.2) is 36.0 Å². The number of methoxy groups -OCH3 is 1. The first-order valence-corrected chi connectivity index (χ1v) is 12.7. The summed E-state index contributed by atoms with van der Waals surface area (Å²) in [6.07, 6.45) is 4.07. The second-order valence-electron chi connectivity index (χ2n) is 9.75. The van der Waals surface area contributed by atoms with Crippen molar-refractivity contribution in [1.82, 2.24) is 14.9 Å². The van der Waals surface area contributed by atoms with Crippen molar-refractivity contribution in [1.29, 1.82) is 0 Å². The number of aromatic nitrogens is 2. The SMILES string of the molecule is COC(=O)c1ccc(C(=O)N(c2nccc3scc(C)c23)[C@@H]2CCCN(C(=O)OC(C)(C)C)C2)cn1. The summed E-state index contributed by atoms with van der Waals surface area (Å²) in [5.41, 5.74) is 0.829. The highest BCUT2D eigenvalue weighted by molar-refractivity contribution is 7.17. The van der Waals surface area contributed by atoms with E-state index >= 15 is 0 Å². The largest absolute Gasteiger partial charge is 0.464 e. The fraction of sp³-hybridized carbons (Fsp3) is 0.423. The molecular formula is C26H30N4O5S. The zero-order valence-electron chi connectivity index (χ0n) is 21.1. The molecule has 3 aromatic rings. The molecule has 10 heteroatoms. The number of hydrogen-bond donors (Lipinski definition) is 0. The molecule has 36 heavy (non-hydrogen) atoms. The minimum Gasteiger partial charge on any atom is -0.464 e. The lowest BCUT2D eigenvalue weighted by molar-refractivity contribution is 0.0196. The Hall–Kier alpha value is -3.53. The molecule has 1 fully saturated rings. The Morgan fingerprint density at radius 2 is 1.94 bits per heavy atom. The topological polar surface area (TPSA) is 102 Å². The number of nitrogens with zero attached hydrogens (tertiary/aromatic N) is 4. The Kier molecular flexibility index (Phi) is 7.26. The van der Waals surface area contributed by atoms with Crippen molar-refractivity contribution in [2.45, 2.75) is 52.2 Å². The number of rotatable bonds is 4. The van der Waals surface area contributed by atoms with E-state index in [4.69, 9.17) is 9.47 Å². The Balaban J connectivity index is 1.73. The maximum absolute atomic E-state index is 14.0. The molecule has 4 rings (SSSR count). The van der Waals surface area contributed by atoms with Crippen LogP contribution in [0.4, 0.5) is 10.6 Å². The minimum atomic E-state index is -0.618. The Morgan fingerprint density at radius 1 is 1.17 bits per heavy atom. The number of esters is 1. The van der Waals surface area contributed by atoms with Gasteiger partial charge in [0.2, 0.25) is 0 Å². The summed E-state index contributed by atoms with van der Waals surface area (Å²) in [5.74, 6) is -0.337. The molecule has 0 aromatic carbocycles. The van der Waals surface area contributed by atoms with Crippen molar-refractivity contribution < 1.29 is 23.9 Å². The third-order valence-electron chi connectivity index (χ3n) is 5.92. The smallest absolute Gasteiger partial charge is 0.410 e. The van der Waals surface area contributed by atoms with Gasteiger partial charge in [-0.3, -0.25) is 9.69 Å². The maximum Gasteiger partial charge on any atom is 0.410 e. The lowest BCUT2D eigenvalue weighted by atomic mass is 10.0. The average Bonchev–Trinajstić information content (AvgIpc) is 3.24. The molecular weight excluding hydrogens is 480 g/mol. The van der Waals surface area contributed by atoms with Crippen molar-refractivity contribution in [2.24, 2.45) is 0 Å². The third kappa shape index (κ3) is 5.33. The van der Waals surface area contributed by atoms with Gasteiger partial charge in [-0.1, -0.05) is 0 Å². The minimum absolute atomic E-state index is 0.114. The molecule has 0 radical (unpaired) electrons. The zero-order valence-corrected chi connectivity index (χ0v) is 21.9. The number of carbonyl (C=O) groups is 3. The average molecular weight is 511 g/mol. The van der Waals surface area contributed by atoms with E-state index in [1.54, 1.807) is 33.4 Å². The van der Waals surface area contributed by atoms with Crippen molar-refractivity contribution in [2.75, 3.05) is 25.1 Å². The molecule has 3 aromatic heterocycles. The van der Waals surface area contributed by atoms with Gasteiger partial charge in [-0.2, -0.15) is 0 Å². The second-order valence-corrected chi connectivity index (χ2v) is 10.7. The third-order valence-corrected chi connectivity index (χ3v) is 6.98. The van der Waals surface area contributed by atoms with E-state index in [0.29, 0.717) is 37.3 Å². The van der Waals surface area contributed by atoms with Gasteiger partial charge in [0.1, 0.15) is 17.1 Å². The van der Waals surface area contributed by atoms with Crippen molar-refractivity contribution in [3.63, 3.8) is 0 Å². The summed E-state index contributed by atoms with van der Waals surface area (Å²) in [4.78, 5) is 50.7. The standard InChI is InChI=1S/C26H30N4O5S/c1-16-15-36-20-10-11-27-22(21(16)20)30(23(31)17-8-9-19(28-13-17)24(32)34-5)18-7-6-12-29(14-18)25(33)35-26(2,3)4/h8-11,13,15,18H,6-7,12,14H2,1-5H3/t18-/m1/s1. The van der Waals surface area contributed by atoms with Crippen LogP contribution in [0, 0.1) is 6.92 Å². The summed E-state index contributed by atoms with van der Waals surface area (Å²) in [7, 11) is 1.28. The van der Waals surface area contributed by atoms with Crippen LogP contribution in [0.2, 0.25) is 0 Å². The van der Waals surface area contributed by atoms with Crippen LogP contribution < -0.4 is 4.90 Å². The summed E-state index contributed by atoms with van der Waals surface area (Å²) in [5, 5.41) is 2.95. The summed E-state index contributed by atoms with van der Waals surface area (Å²) >= 11 is 1.59. The van der Waals surface area contributed by atoms with Crippen molar-refractivity contribution in [3.8, 4) is 0 Å². The highest BCUT2D eigenvalue weighted by Crippen LogP contribution is 2.35. The Bertz CT molecular complexity index is 1280. The first-order valence-electron chi connectivity index (χ1n) is 11.8. The fourth-order valence-electron chi connectivity index (χ4n) is 4.27. The first-order chi connectivity index (χ1) is 17.1. The number of carbonyl (C=O) groups excluding carboxylic acids is 3. The van der Waals surface area contributed by atoms with E-state index in [1.165, 1.54) is 19.4 Å². The number of pyridine rings is 2. The van der Waals surface area contributed by atoms with Crippen LogP contribution in [-0.4, -0.2) is 64.7 Å². The molecule has 0 unspecified atom stereocenters. The van der Waals surface area contributed by atoms with E-state index < -0.39 is 17.7 Å². The molecule has 0 aliphatic carbocycles. The number of aryl methyl sites for hydroxylation is 1. The number of anilines is 1. The monoisotopic (exact) mass is 510 g/mol. The molecule has 0 N–H and O–H groups in total. The van der Waals surface area contributed by atoms with E-state index in [1.807, 2.05) is 39.1 Å². The van der Waals surface area contributed by atoms with Gasteiger partial charge >= 0.3 is 12.1 Å². The fourth-order valence-corrected chi connectivity index (χ4v) is 5.20. The van der Waals surface area contributed by atoms with Crippen LogP contribution >= 0.6 is 11.3 Å². The maximum atomic E-state index is 14.0. The van der Waals surface area contributed by atoms with Gasteiger partial charge in [-0.15, -0.1) is 11.3 Å². The molecule has 1 aliphatic heterocycles. The number of thiophene rings is 1. The van der Waals surface area contributed by atoms with E-state index in [9.17, 15) is 14.4 Å². The molecule has 9 nitrogen and oxygen atoms in total. The number of ether oxygens (including phenoxy) is 2.